The van der Waals surface area contributed by atoms with E-state index in [1.165, 1.54) is 6.20 Å². The second kappa shape index (κ2) is 6.75. The lowest BCUT2D eigenvalue weighted by atomic mass is 10.1. The molecule has 0 unspecified atom stereocenters. The van der Waals surface area contributed by atoms with E-state index < -0.39 is 17.3 Å². The maximum atomic E-state index is 11.6. The lowest BCUT2D eigenvalue weighted by molar-refractivity contribution is -0.122. The topological polar surface area (TPSA) is 121 Å². The van der Waals surface area contributed by atoms with Gasteiger partial charge in [0.2, 0.25) is 5.91 Å². The van der Waals surface area contributed by atoms with E-state index in [-0.39, 0.29) is 18.0 Å². The molecule has 0 saturated heterocycles. The molecular weight excluding hydrogens is 236 g/mol. The minimum absolute atomic E-state index is 0.0464. The predicted octanol–water partition coefficient (Wildman–Crippen LogP) is -0.803. The van der Waals surface area contributed by atoms with Crippen LogP contribution in [0.3, 0.4) is 0 Å². The van der Waals surface area contributed by atoms with Crippen LogP contribution in [0, 0.1) is 0 Å². The number of nitrogens with two attached hydrogens (primary N) is 1. The molecule has 1 aromatic heterocycles. The molecule has 0 radical (unpaired) electrons. The molecule has 0 fully saturated rings. The lowest BCUT2D eigenvalue weighted by Crippen LogP contribution is -2.41. The third kappa shape index (κ3) is 4.17. The molecule has 0 aromatic carbocycles. The van der Waals surface area contributed by atoms with Crippen molar-refractivity contribution in [2.24, 2.45) is 5.73 Å². The SMILES string of the molecule is CCCC[C@@H](N)C(=O)NCc1c[nH]c(=O)[nH]c1=O. The second-order valence-electron chi connectivity index (χ2n) is 4.06. The average molecular weight is 254 g/mol. The predicted molar refractivity (Wildman–Crippen MR) is 67.0 cm³/mol. The standard InChI is InChI=1S/C11H18N4O3/c1-2-3-4-8(12)10(17)13-5-7-6-14-11(18)15-9(7)16/h6,8H,2-5,12H2,1H3,(H,13,17)(H2,14,15,16,18)/t8-/m1/s1. The van der Waals surface area contributed by atoms with E-state index in [4.69, 9.17) is 5.73 Å². The number of rotatable bonds is 6. The summed E-state index contributed by atoms with van der Waals surface area (Å²) in [5.74, 6) is -0.297. The van der Waals surface area contributed by atoms with E-state index in [0.29, 0.717) is 6.42 Å². The van der Waals surface area contributed by atoms with Gasteiger partial charge in [0.05, 0.1) is 11.6 Å². The van der Waals surface area contributed by atoms with Crippen molar-refractivity contribution < 1.29 is 4.79 Å². The van der Waals surface area contributed by atoms with Gasteiger partial charge in [-0.25, -0.2) is 4.79 Å². The summed E-state index contributed by atoms with van der Waals surface area (Å²) in [7, 11) is 0. The first-order valence-corrected chi connectivity index (χ1v) is 5.88. The minimum Gasteiger partial charge on any atom is -0.350 e. The summed E-state index contributed by atoms with van der Waals surface area (Å²) in [4.78, 5) is 38.1. The zero-order chi connectivity index (χ0) is 13.5. The summed E-state index contributed by atoms with van der Waals surface area (Å²) in [6.45, 7) is 2.06. The molecule has 1 atom stereocenters. The van der Waals surface area contributed by atoms with Gasteiger partial charge >= 0.3 is 5.69 Å². The van der Waals surface area contributed by atoms with Gasteiger partial charge in [-0.1, -0.05) is 19.8 Å². The maximum Gasteiger partial charge on any atom is 0.325 e. The summed E-state index contributed by atoms with van der Waals surface area (Å²) >= 11 is 0. The molecule has 0 aliphatic rings. The number of carbonyl (C=O) groups excluding carboxylic acids is 1. The molecule has 18 heavy (non-hydrogen) atoms. The first-order valence-electron chi connectivity index (χ1n) is 5.88. The number of unbranched alkanes of at least 4 members (excludes halogenated alkanes) is 1. The Kier molecular flexibility index (Phi) is 5.31. The molecule has 1 aromatic rings. The van der Waals surface area contributed by atoms with Crippen molar-refractivity contribution in [3.8, 4) is 0 Å². The highest BCUT2D eigenvalue weighted by atomic mass is 16.2. The number of hydrogen-bond acceptors (Lipinski definition) is 4. The van der Waals surface area contributed by atoms with Crippen LogP contribution in [-0.2, 0) is 11.3 Å². The molecule has 0 aliphatic carbocycles. The first-order chi connectivity index (χ1) is 8.54. The molecular formula is C11H18N4O3. The summed E-state index contributed by atoms with van der Waals surface area (Å²) < 4.78 is 0. The van der Waals surface area contributed by atoms with Gasteiger partial charge in [0.25, 0.3) is 5.56 Å². The van der Waals surface area contributed by atoms with Crippen LogP contribution in [0.5, 0.6) is 0 Å². The lowest BCUT2D eigenvalue weighted by Gasteiger charge is -2.11. The summed E-state index contributed by atoms with van der Waals surface area (Å²) in [6.07, 6.45) is 3.75. The number of H-pyrrole nitrogens is 2. The molecule has 5 N–H and O–H groups in total. The van der Waals surface area contributed by atoms with Gasteiger partial charge in [-0.05, 0) is 6.42 Å². The Morgan fingerprint density at radius 1 is 1.50 bits per heavy atom. The molecule has 1 heterocycles. The monoisotopic (exact) mass is 254 g/mol. The van der Waals surface area contributed by atoms with Crippen LogP contribution in [0.1, 0.15) is 31.7 Å². The van der Waals surface area contributed by atoms with Gasteiger partial charge in [0.15, 0.2) is 0 Å². The zero-order valence-electron chi connectivity index (χ0n) is 10.3. The van der Waals surface area contributed by atoms with E-state index in [1.54, 1.807) is 0 Å². The number of amides is 1. The molecule has 1 rings (SSSR count). The van der Waals surface area contributed by atoms with E-state index in [9.17, 15) is 14.4 Å². The van der Waals surface area contributed by atoms with Crippen LogP contribution < -0.4 is 22.3 Å². The van der Waals surface area contributed by atoms with Crippen molar-refractivity contribution in [3.63, 3.8) is 0 Å². The molecule has 0 aliphatic heterocycles. The Bertz CT molecular complexity index is 506. The van der Waals surface area contributed by atoms with Crippen LogP contribution >= 0.6 is 0 Å². The van der Waals surface area contributed by atoms with E-state index >= 15 is 0 Å². The Morgan fingerprint density at radius 2 is 2.22 bits per heavy atom. The maximum absolute atomic E-state index is 11.6. The van der Waals surface area contributed by atoms with Crippen LogP contribution in [0.15, 0.2) is 15.8 Å². The fraction of sp³-hybridized carbons (Fsp3) is 0.545. The fourth-order valence-corrected chi connectivity index (χ4v) is 1.44. The Balaban J connectivity index is 2.52. The van der Waals surface area contributed by atoms with Crippen molar-refractivity contribution in [1.82, 2.24) is 15.3 Å². The Labute approximate surface area is 104 Å². The van der Waals surface area contributed by atoms with Crippen molar-refractivity contribution in [1.29, 1.82) is 0 Å². The van der Waals surface area contributed by atoms with E-state index in [1.807, 2.05) is 6.92 Å². The molecule has 7 heteroatoms. The molecule has 0 bridgehead atoms. The van der Waals surface area contributed by atoms with Gasteiger partial charge in [-0.2, -0.15) is 0 Å². The fourth-order valence-electron chi connectivity index (χ4n) is 1.44. The van der Waals surface area contributed by atoms with Gasteiger partial charge in [0, 0.05) is 12.7 Å². The van der Waals surface area contributed by atoms with Crippen LogP contribution in [-0.4, -0.2) is 21.9 Å². The van der Waals surface area contributed by atoms with Gasteiger partial charge in [-0.15, -0.1) is 0 Å². The van der Waals surface area contributed by atoms with E-state index in [2.05, 4.69) is 15.3 Å². The van der Waals surface area contributed by atoms with Crippen molar-refractivity contribution in [2.75, 3.05) is 0 Å². The van der Waals surface area contributed by atoms with Gasteiger partial charge in [-0.3, -0.25) is 14.6 Å². The molecule has 0 saturated carbocycles. The minimum atomic E-state index is -0.574. The Hall–Kier alpha value is -1.89. The normalized spacial score (nSPS) is 12.1. The molecule has 0 spiro atoms. The van der Waals surface area contributed by atoms with Crippen molar-refractivity contribution >= 4 is 5.91 Å². The number of aromatic amines is 2. The summed E-state index contributed by atoms with van der Waals surface area (Å²) in [5, 5.41) is 2.56. The number of aromatic nitrogens is 2. The van der Waals surface area contributed by atoms with Crippen LogP contribution in [0.25, 0.3) is 0 Å². The first kappa shape index (κ1) is 14.2. The highest BCUT2D eigenvalue weighted by molar-refractivity contribution is 5.81. The second-order valence-corrected chi connectivity index (χ2v) is 4.06. The van der Waals surface area contributed by atoms with Crippen molar-refractivity contribution in [2.45, 2.75) is 38.8 Å². The van der Waals surface area contributed by atoms with Crippen LogP contribution in [0.4, 0.5) is 0 Å². The third-order valence-electron chi connectivity index (χ3n) is 2.55. The third-order valence-corrected chi connectivity index (χ3v) is 2.55. The highest BCUT2D eigenvalue weighted by Gasteiger charge is 2.12. The average Bonchev–Trinajstić information content (AvgIpc) is 2.34. The largest absolute Gasteiger partial charge is 0.350 e. The molecule has 7 nitrogen and oxygen atoms in total. The number of nitrogens with one attached hydrogen (secondary N) is 3. The zero-order valence-corrected chi connectivity index (χ0v) is 10.3. The number of carbonyl (C=O) groups is 1. The van der Waals surface area contributed by atoms with E-state index in [0.717, 1.165) is 12.8 Å². The Morgan fingerprint density at radius 3 is 2.83 bits per heavy atom. The number of hydrogen-bond donors (Lipinski definition) is 4. The highest BCUT2D eigenvalue weighted by Crippen LogP contribution is 1.98. The summed E-state index contributed by atoms with van der Waals surface area (Å²) in [5.41, 5.74) is 4.87. The molecule has 1 amide bonds. The smallest absolute Gasteiger partial charge is 0.325 e. The van der Waals surface area contributed by atoms with Crippen molar-refractivity contribution in [3.05, 3.63) is 32.6 Å². The van der Waals surface area contributed by atoms with Gasteiger partial charge in [0.1, 0.15) is 0 Å². The summed E-state index contributed by atoms with van der Waals surface area (Å²) in [6, 6.07) is -0.563. The quantitative estimate of drug-likeness (QED) is 0.531. The van der Waals surface area contributed by atoms with Gasteiger partial charge < -0.3 is 16.0 Å². The molecule has 100 valence electrons. The van der Waals surface area contributed by atoms with Crippen LogP contribution in [0.2, 0.25) is 0 Å².